The summed E-state index contributed by atoms with van der Waals surface area (Å²) < 4.78 is 18.2. The summed E-state index contributed by atoms with van der Waals surface area (Å²) in [4.78, 5) is 11.5. The van der Waals surface area contributed by atoms with E-state index in [4.69, 9.17) is 13.9 Å². The van der Waals surface area contributed by atoms with Gasteiger partial charge in [0.2, 0.25) is 5.82 Å². The highest BCUT2D eigenvalue weighted by atomic mass is 32.2. The van der Waals surface area contributed by atoms with Gasteiger partial charge in [-0.15, -0.1) is 10.2 Å². The van der Waals surface area contributed by atoms with Gasteiger partial charge in [-0.05, 0) is 30.7 Å². The van der Waals surface area contributed by atoms with E-state index < -0.39 is 11.2 Å². The Morgan fingerprint density at radius 2 is 1.93 bits per heavy atom. The Hall–Kier alpha value is -2.94. The molecule has 27 heavy (non-hydrogen) atoms. The SMILES string of the molecule is CCC(Sc1nnc(-c2ccco2)n1-c1c(OC)cccc1OC)C(=O)O. The van der Waals surface area contributed by atoms with Crippen LogP contribution in [0.1, 0.15) is 13.3 Å². The number of carbonyl (C=O) groups is 1. The number of methoxy groups -OCH3 is 2. The molecule has 3 aromatic rings. The fourth-order valence-corrected chi connectivity index (χ4v) is 3.49. The number of nitrogens with zero attached hydrogens (tertiary/aromatic N) is 3. The summed E-state index contributed by atoms with van der Waals surface area (Å²) >= 11 is 1.11. The largest absolute Gasteiger partial charge is 0.494 e. The van der Waals surface area contributed by atoms with Crippen LogP contribution in [0.25, 0.3) is 17.3 Å². The van der Waals surface area contributed by atoms with E-state index in [1.54, 1.807) is 49.1 Å². The molecule has 0 radical (unpaired) electrons. The van der Waals surface area contributed by atoms with E-state index in [2.05, 4.69) is 10.2 Å². The van der Waals surface area contributed by atoms with E-state index >= 15 is 0 Å². The fraction of sp³-hybridized carbons (Fsp3) is 0.278. The van der Waals surface area contributed by atoms with Crippen molar-refractivity contribution in [1.82, 2.24) is 14.8 Å². The van der Waals surface area contributed by atoms with E-state index in [0.717, 1.165) is 11.8 Å². The Labute approximate surface area is 160 Å². The quantitative estimate of drug-likeness (QED) is 0.584. The summed E-state index contributed by atoms with van der Waals surface area (Å²) in [6.07, 6.45) is 1.97. The second-order valence-corrected chi connectivity index (χ2v) is 6.65. The van der Waals surface area contributed by atoms with E-state index in [9.17, 15) is 9.90 Å². The van der Waals surface area contributed by atoms with Crippen LogP contribution in [0.4, 0.5) is 0 Å². The molecule has 0 saturated carbocycles. The Balaban J connectivity index is 2.24. The third kappa shape index (κ3) is 3.63. The molecular formula is C18H19N3O5S. The first-order valence-electron chi connectivity index (χ1n) is 8.20. The maximum Gasteiger partial charge on any atom is 0.317 e. The number of benzene rings is 1. The highest BCUT2D eigenvalue weighted by Crippen LogP contribution is 2.39. The summed E-state index contributed by atoms with van der Waals surface area (Å²) in [6, 6.07) is 8.87. The number of furan rings is 1. The molecular weight excluding hydrogens is 370 g/mol. The standard InChI is InChI=1S/C18H19N3O5S/c1-4-14(17(22)23)27-18-20-19-16(13-9-6-10-26-13)21(18)15-11(24-2)7-5-8-12(15)25-3/h5-10,14H,4H2,1-3H3,(H,22,23). The number of aliphatic carboxylic acids is 1. The number of carboxylic acid groups (broad SMARTS) is 1. The first-order chi connectivity index (χ1) is 13.1. The van der Waals surface area contributed by atoms with Gasteiger partial charge in [0.15, 0.2) is 10.9 Å². The van der Waals surface area contributed by atoms with Gasteiger partial charge in [0, 0.05) is 0 Å². The van der Waals surface area contributed by atoms with Gasteiger partial charge in [0.1, 0.15) is 22.4 Å². The van der Waals surface area contributed by atoms with Gasteiger partial charge in [-0.3, -0.25) is 9.36 Å². The summed E-state index contributed by atoms with van der Waals surface area (Å²) in [7, 11) is 3.10. The fourth-order valence-electron chi connectivity index (χ4n) is 2.60. The lowest BCUT2D eigenvalue weighted by molar-refractivity contribution is -0.136. The molecule has 0 fully saturated rings. The highest BCUT2D eigenvalue weighted by Gasteiger charge is 2.27. The van der Waals surface area contributed by atoms with E-state index in [1.807, 2.05) is 6.92 Å². The Morgan fingerprint density at radius 1 is 1.22 bits per heavy atom. The van der Waals surface area contributed by atoms with Crippen LogP contribution in [0.3, 0.4) is 0 Å². The normalized spacial score (nSPS) is 12.0. The summed E-state index contributed by atoms with van der Waals surface area (Å²) in [6.45, 7) is 1.81. The van der Waals surface area contributed by atoms with E-state index in [-0.39, 0.29) is 0 Å². The van der Waals surface area contributed by atoms with Crippen LogP contribution in [0.15, 0.2) is 46.2 Å². The van der Waals surface area contributed by atoms with Crippen molar-refractivity contribution in [1.29, 1.82) is 0 Å². The van der Waals surface area contributed by atoms with Crippen LogP contribution >= 0.6 is 11.8 Å². The zero-order valence-corrected chi connectivity index (χ0v) is 15.9. The Morgan fingerprint density at radius 3 is 2.44 bits per heavy atom. The molecule has 1 atom stereocenters. The topological polar surface area (TPSA) is 99.6 Å². The smallest absolute Gasteiger partial charge is 0.317 e. The molecule has 0 bridgehead atoms. The first-order valence-corrected chi connectivity index (χ1v) is 9.08. The van der Waals surface area contributed by atoms with Crippen molar-refractivity contribution in [2.75, 3.05) is 14.2 Å². The lowest BCUT2D eigenvalue weighted by Crippen LogP contribution is -2.16. The molecule has 142 valence electrons. The highest BCUT2D eigenvalue weighted by molar-refractivity contribution is 8.00. The number of rotatable bonds is 8. The zero-order valence-electron chi connectivity index (χ0n) is 15.1. The van der Waals surface area contributed by atoms with E-state index in [1.165, 1.54) is 6.26 Å². The summed E-state index contributed by atoms with van der Waals surface area (Å²) in [5.74, 6) is 1.07. The number of aromatic nitrogens is 3. The van der Waals surface area contributed by atoms with Crippen LogP contribution in [-0.2, 0) is 4.79 Å². The lowest BCUT2D eigenvalue weighted by Gasteiger charge is -2.17. The number of carboxylic acids is 1. The van der Waals surface area contributed by atoms with Crippen LogP contribution in [0.2, 0.25) is 0 Å². The molecule has 8 nitrogen and oxygen atoms in total. The average Bonchev–Trinajstić information content (AvgIpc) is 3.34. The molecule has 0 aliphatic heterocycles. The third-order valence-electron chi connectivity index (χ3n) is 3.89. The Kier molecular flexibility index (Phi) is 5.70. The molecule has 0 spiro atoms. The van der Waals surface area contributed by atoms with Gasteiger partial charge in [0.05, 0.1) is 20.5 Å². The van der Waals surface area contributed by atoms with Crippen LogP contribution in [0, 0.1) is 0 Å². The van der Waals surface area contributed by atoms with Gasteiger partial charge < -0.3 is 19.0 Å². The number of para-hydroxylation sites is 1. The van der Waals surface area contributed by atoms with Crippen LogP contribution in [0.5, 0.6) is 11.5 Å². The molecule has 9 heteroatoms. The first kappa shape index (κ1) is 18.8. The predicted molar refractivity (Wildman–Crippen MR) is 99.7 cm³/mol. The monoisotopic (exact) mass is 389 g/mol. The molecule has 0 aliphatic rings. The second kappa shape index (κ2) is 8.17. The van der Waals surface area contributed by atoms with Crippen molar-refractivity contribution in [3.05, 3.63) is 36.6 Å². The molecule has 0 saturated heterocycles. The van der Waals surface area contributed by atoms with Crippen molar-refractivity contribution in [3.63, 3.8) is 0 Å². The number of hydrogen-bond acceptors (Lipinski definition) is 7. The van der Waals surface area contributed by atoms with Crippen LogP contribution < -0.4 is 9.47 Å². The van der Waals surface area contributed by atoms with Gasteiger partial charge in [0.25, 0.3) is 0 Å². The number of thioether (sulfide) groups is 1. The maximum atomic E-state index is 11.5. The zero-order chi connectivity index (χ0) is 19.4. The minimum absolute atomic E-state index is 0.401. The number of hydrogen-bond donors (Lipinski definition) is 1. The Bertz CT molecular complexity index is 901. The number of ether oxygens (including phenoxy) is 2. The maximum absolute atomic E-state index is 11.5. The second-order valence-electron chi connectivity index (χ2n) is 5.48. The van der Waals surface area contributed by atoms with Gasteiger partial charge in [-0.25, -0.2) is 0 Å². The predicted octanol–water partition coefficient (Wildman–Crippen LogP) is 3.50. The average molecular weight is 389 g/mol. The molecule has 2 heterocycles. The minimum atomic E-state index is -0.913. The van der Waals surface area contributed by atoms with Crippen molar-refractivity contribution in [2.45, 2.75) is 23.8 Å². The lowest BCUT2D eigenvalue weighted by atomic mass is 10.2. The van der Waals surface area contributed by atoms with E-state index in [0.29, 0.717) is 40.3 Å². The molecule has 1 N–H and O–H groups in total. The molecule has 1 aromatic carbocycles. The minimum Gasteiger partial charge on any atom is -0.494 e. The van der Waals surface area contributed by atoms with Gasteiger partial charge >= 0.3 is 5.97 Å². The molecule has 2 aromatic heterocycles. The van der Waals surface area contributed by atoms with Gasteiger partial charge in [-0.2, -0.15) is 0 Å². The molecule has 0 aliphatic carbocycles. The molecule has 1 unspecified atom stereocenters. The van der Waals surface area contributed by atoms with Crippen molar-refractivity contribution in [2.24, 2.45) is 0 Å². The van der Waals surface area contributed by atoms with Crippen LogP contribution in [-0.4, -0.2) is 45.3 Å². The van der Waals surface area contributed by atoms with Gasteiger partial charge in [-0.1, -0.05) is 24.8 Å². The summed E-state index contributed by atoms with van der Waals surface area (Å²) in [5, 5.41) is 17.6. The van der Waals surface area contributed by atoms with Crippen molar-refractivity contribution in [3.8, 4) is 28.8 Å². The molecule has 0 amide bonds. The van der Waals surface area contributed by atoms with Crippen molar-refractivity contribution < 1.29 is 23.8 Å². The summed E-state index contributed by atoms with van der Waals surface area (Å²) in [5.41, 5.74) is 0.571. The molecule has 3 rings (SSSR count). The third-order valence-corrected chi connectivity index (χ3v) is 5.19. The van der Waals surface area contributed by atoms with Crippen molar-refractivity contribution >= 4 is 17.7 Å².